The molecule has 2 heterocycles. The van der Waals surface area contributed by atoms with E-state index in [2.05, 4.69) is 10.1 Å². The van der Waals surface area contributed by atoms with Crippen molar-refractivity contribution in [3.8, 4) is 11.3 Å². The maximum absolute atomic E-state index is 10.8. The van der Waals surface area contributed by atoms with E-state index in [4.69, 9.17) is 0 Å². The lowest BCUT2D eigenvalue weighted by molar-refractivity contribution is -0.384. The molecule has 0 saturated heterocycles. The van der Waals surface area contributed by atoms with Gasteiger partial charge >= 0.3 is 0 Å². The second-order valence-electron chi connectivity index (χ2n) is 4.54. The molecule has 0 N–H and O–H groups in total. The number of nitro benzene ring substituents is 1. The van der Waals surface area contributed by atoms with E-state index in [1.165, 1.54) is 23.5 Å². The van der Waals surface area contributed by atoms with E-state index < -0.39 is 4.92 Å². The Morgan fingerprint density at radius 2 is 2.00 bits per heavy atom. The Labute approximate surface area is 139 Å². The zero-order chi connectivity index (χ0) is 16.2. The number of non-ortho nitro benzene ring substituents is 1. The Kier molecular flexibility index (Phi) is 4.45. The Morgan fingerprint density at radius 3 is 2.61 bits per heavy atom. The first-order chi connectivity index (χ1) is 11.2. The molecule has 6 nitrogen and oxygen atoms in total. The Hall–Kier alpha value is -2.58. The number of benzene rings is 1. The molecule has 116 valence electrons. The minimum Gasteiger partial charge on any atom is -0.261 e. The van der Waals surface area contributed by atoms with Crippen LogP contribution in [-0.4, -0.2) is 22.9 Å². The van der Waals surface area contributed by atoms with Crippen molar-refractivity contribution in [3.05, 3.63) is 67.0 Å². The second-order valence-corrected chi connectivity index (χ2v) is 6.16. The normalized spacial score (nSPS) is 12.1. The predicted molar refractivity (Wildman–Crippen MR) is 93.2 cm³/mol. The largest absolute Gasteiger partial charge is 0.269 e. The maximum atomic E-state index is 10.8. The van der Waals surface area contributed by atoms with Gasteiger partial charge in [0.25, 0.3) is 5.69 Å². The highest BCUT2D eigenvalue weighted by Gasteiger charge is 2.10. The van der Waals surface area contributed by atoms with Crippen LogP contribution in [0.25, 0.3) is 11.3 Å². The van der Waals surface area contributed by atoms with Crippen LogP contribution in [0.1, 0.15) is 5.56 Å². The molecule has 0 radical (unpaired) electrons. The van der Waals surface area contributed by atoms with E-state index in [0.717, 1.165) is 21.6 Å². The molecular formula is C15H12N4O2S2. The molecule has 0 atom stereocenters. The van der Waals surface area contributed by atoms with Gasteiger partial charge in [-0.05, 0) is 29.0 Å². The fourth-order valence-corrected chi connectivity index (χ4v) is 3.40. The van der Waals surface area contributed by atoms with Crippen molar-refractivity contribution < 1.29 is 4.92 Å². The van der Waals surface area contributed by atoms with Crippen LogP contribution in [0.2, 0.25) is 0 Å². The molecule has 0 unspecified atom stereocenters. The fourth-order valence-electron chi connectivity index (χ4n) is 1.99. The van der Waals surface area contributed by atoms with Crippen LogP contribution in [0.5, 0.6) is 0 Å². The zero-order valence-electron chi connectivity index (χ0n) is 12.1. The van der Waals surface area contributed by atoms with E-state index in [-0.39, 0.29) is 5.69 Å². The van der Waals surface area contributed by atoms with Gasteiger partial charge in [-0.2, -0.15) is 16.4 Å². The highest BCUT2D eigenvalue weighted by Crippen LogP contribution is 2.23. The third-order valence-electron chi connectivity index (χ3n) is 3.12. The molecule has 3 aromatic rings. The summed E-state index contributed by atoms with van der Waals surface area (Å²) in [6, 6.07) is 8.40. The summed E-state index contributed by atoms with van der Waals surface area (Å²) in [6.45, 7) is 0. The molecule has 0 saturated carbocycles. The number of nitro groups is 1. The molecule has 2 aromatic heterocycles. The van der Waals surface area contributed by atoms with Gasteiger partial charge in [-0.15, -0.1) is 11.3 Å². The Morgan fingerprint density at radius 1 is 1.22 bits per heavy atom. The zero-order valence-corrected chi connectivity index (χ0v) is 13.8. The van der Waals surface area contributed by atoms with Crippen LogP contribution in [0.15, 0.2) is 56.6 Å². The summed E-state index contributed by atoms with van der Waals surface area (Å²) in [5.41, 5.74) is 2.78. The molecule has 0 aliphatic rings. The molecule has 0 bridgehead atoms. The van der Waals surface area contributed by atoms with Gasteiger partial charge in [0, 0.05) is 35.7 Å². The Balaban J connectivity index is 2.03. The lowest BCUT2D eigenvalue weighted by atomic mass is 10.1. The van der Waals surface area contributed by atoms with Crippen LogP contribution in [0.4, 0.5) is 5.69 Å². The first-order valence-electron chi connectivity index (χ1n) is 6.64. The van der Waals surface area contributed by atoms with E-state index in [1.807, 2.05) is 22.2 Å². The lowest BCUT2D eigenvalue weighted by Gasteiger charge is -2.03. The number of aromatic nitrogens is 1. The predicted octanol–water partition coefficient (Wildman–Crippen LogP) is 3.60. The average Bonchev–Trinajstić information content (AvgIpc) is 3.22. The monoisotopic (exact) mass is 344 g/mol. The molecule has 0 aliphatic carbocycles. The minimum atomic E-state index is -0.410. The van der Waals surface area contributed by atoms with Crippen molar-refractivity contribution in [2.45, 2.75) is 0 Å². The Bertz CT molecular complexity index is 906. The van der Waals surface area contributed by atoms with Gasteiger partial charge in [0.05, 0.1) is 16.8 Å². The number of hydrogen-bond donors (Lipinski definition) is 0. The quantitative estimate of drug-likeness (QED) is 0.412. The van der Waals surface area contributed by atoms with Gasteiger partial charge in [-0.25, -0.2) is 4.68 Å². The molecule has 8 heteroatoms. The van der Waals surface area contributed by atoms with Gasteiger partial charge < -0.3 is 0 Å². The lowest BCUT2D eigenvalue weighted by Crippen LogP contribution is -2.11. The summed E-state index contributed by atoms with van der Waals surface area (Å²) < 4.78 is 1.74. The van der Waals surface area contributed by atoms with Crippen LogP contribution in [-0.2, 0) is 0 Å². The van der Waals surface area contributed by atoms with Gasteiger partial charge in [-0.1, -0.05) is 0 Å². The standard InChI is InChI=1S/C15H12N4O2S2/c1-16-15-18(17-8-11-6-7-22-9-11)14(10-23-15)12-2-4-13(5-3-12)19(20)21/h2-10H,1H3. The fraction of sp³-hybridized carbons (Fsp3) is 0.0667. The SMILES string of the molecule is CN=c1scc(-c2ccc([N+](=O)[O-])cc2)n1N=Cc1ccsc1. The van der Waals surface area contributed by atoms with E-state index in [9.17, 15) is 10.1 Å². The first kappa shape index (κ1) is 15.3. The summed E-state index contributed by atoms with van der Waals surface area (Å²) in [7, 11) is 1.71. The third-order valence-corrected chi connectivity index (χ3v) is 4.72. The molecule has 3 rings (SSSR count). The minimum absolute atomic E-state index is 0.0673. The highest BCUT2D eigenvalue weighted by molar-refractivity contribution is 7.08. The topological polar surface area (TPSA) is 72.8 Å². The molecule has 0 fully saturated rings. The molecule has 0 spiro atoms. The summed E-state index contributed by atoms with van der Waals surface area (Å²) >= 11 is 3.08. The van der Waals surface area contributed by atoms with Crippen LogP contribution in [0.3, 0.4) is 0 Å². The van der Waals surface area contributed by atoms with Crippen molar-refractivity contribution in [1.29, 1.82) is 0 Å². The number of nitrogens with zero attached hydrogens (tertiary/aromatic N) is 4. The summed E-state index contributed by atoms with van der Waals surface area (Å²) in [6.07, 6.45) is 1.77. The molecule has 0 aliphatic heterocycles. The van der Waals surface area contributed by atoms with Crippen molar-refractivity contribution in [2.75, 3.05) is 7.05 Å². The maximum Gasteiger partial charge on any atom is 0.269 e. The molecular weight excluding hydrogens is 332 g/mol. The van der Waals surface area contributed by atoms with Gasteiger partial charge in [0.1, 0.15) is 0 Å². The molecule has 1 aromatic carbocycles. The smallest absolute Gasteiger partial charge is 0.261 e. The summed E-state index contributed by atoms with van der Waals surface area (Å²) in [5.74, 6) is 0. The van der Waals surface area contributed by atoms with Crippen LogP contribution >= 0.6 is 22.7 Å². The van der Waals surface area contributed by atoms with Crippen molar-refractivity contribution in [3.63, 3.8) is 0 Å². The van der Waals surface area contributed by atoms with E-state index in [1.54, 1.807) is 41.4 Å². The van der Waals surface area contributed by atoms with Gasteiger partial charge in [-0.3, -0.25) is 15.1 Å². The second kappa shape index (κ2) is 6.67. The van der Waals surface area contributed by atoms with Crippen molar-refractivity contribution in [2.24, 2.45) is 10.1 Å². The first-order valence-corrected chi connectivity index (χ1v) is 8.46. The van der Waals surface area contributed by atoms with Crippen LogP contribution in [0, 0.1) is 10.1 Å². The van der Waals surface area contributed by atoms with Gasteiger partial charge in [0.15, 0.2) is 0 Å². The van der Waals surface area contributed by atoms with Crippen molar-refractivity contribution in [1.82, 2.24) is 4.68 Å². The average molecular weight is 344 g/mol. The molecule has 0 amide bonds. The highest BCUT2D eigenvalue weighted by atomic mass is 32.1. The number of thiazole rings is 1. The van der Waals surface area contributed by atoms with E-state index in [0.29, 0.717) is 0 Å². The van der Waals surface area contributed by atoms with E-state index >= 15 is 0 Å². The van der Waals surface area contributed by atoms with Crippen LogP contribution < -0.4 is 4.80 Å². The van der Waals surface area contributed by atoms with Crippen molar-refractivity contribution >= 4 is 34.6 Å². The number of hydrogen-bond acceptors (Lipinski definition) is 6. The summed E-state index contributed by atoms with van der Waals surface area (Å²) in [4.78, 5) is 15.3. The number of thiophene rings is 1. The third kappa shape index (κ3) is 3.27. The molecule has 23 heavy (non-hydrogen) atoms. The van der Waals surface area contributed by atoms with Gasteiger partial charge in [0.2, 0.25) is 4.80 Å². The summed E-state index contributed by atoms with van der Waals surface area (Å²) in [5, 5.41) is 21.2. The number of rotatable bonds is 4.